The highest BCUT2D eigenvalue weighted by Gasteiger charge is 2.36. The van der Waals surface area contributed by atoms with Crippen LogP contribution in [0, 0.1) is 0 Å². The molecule has 6 N–H and O–H groups in total. The van der Waals surface area contributed by atoms with E-state index in [9.17, 15) is 30.0 Å². The van der Waals surface area contributed by atoms with Crippen LogP contribution in [0.4, 0.5) is 0 Å². The van der Waals surface area contributed by atoms with Gasteiger partial charge in [0.2, 0.25) is 11.8 Å². The Kier molecular flexibility index (Phi) is 7.49. The second-order valence-corrected chi connectivity index (χ2v) is 4.04. The standard InChI is InChI=1S/C10H20N2O7/c1-5(15)11-12(6(2)16)7(3-13)9(18)10(19)8(17)4-14/h7-10,13-14,17-19H,3-4H2,1-2H3,(H,11,15)/t7-,8+,9+,10-/m0/s1. The van der Waals surface area contributed by atoms with Crippen molar-refractivity contribution in [1.29, 1.82) is 0 Å². The smallest absolute Gasteiger partial charge is 0.238 e. The third-order valence-corrected chi connectivity index (χ3v) is 2.46. The first-order chi connectivity index (χ1) is 8.76. The lowest BCUT2D eigenvalue weighted by Gasteiger charge is -2.35. The zero-order chi connectivity index (χ0) is 15.2. The molecule has 0 aliphatic carbocycles. The molecule has 112 valence electrons. The first kappa shape index (κ1) is 17.7. The van der Waals surface area contributed by atoms with Crippen LogP contribution in [0.3, 0.4) is 0 Å². The van der Waals surface area contributed by atoms with Crippen LogP contribution in [-0.2, 0) is 9.59 Å². The molecule has 0 aromatic rings. The molecule has 19 heavy (non-hydrogen) atoms. The molecular weight excluding hydrogens is 260 g/mol. The number of hydrazine groups is 1. The van der Waals surface area contributed by atoms with Crippen LogP contribution in [-0.4, -0.2) is 79.9 Å². The molecule has 2 amide bonds. The van der Waals surface area contributed by atoms with Crippen LogP contribution in [0.15, 0.2) is 0 Å². The highest BCUT2D eigenvalue weighted by atomic mass is 16.4. The minimum absolute atomic E-state index is 0.613. The maximum Gasteiger partial charge on any atom is 0.238 e. The molecule has 0 spiro atoms. The summed E-state index contributed by atoms with van der Waals surface area (Å²) in [5, 5.41) is 47.0. The van der Waals surface area contributed by atoms with Gasteiger partial charge in [-0.05, 0) is 0 Å². The van der Waals surface area contributed by atoms with Gasteiger partial charge in [0.25, 0.3) is 0 Å². The van der Waals surface area contributed by atoms with Gasteiger partial charge in [0, 0.05) is 13.8 Å². The van der Waals surface area contributed by atoms with Gasteiger partial charge in [-0.3, -0.25) is 15.0 Å². The first-order valence-electron chi connectivity index (χ1n) is 5.59. The molecule has 0 saturated heterocycles. The summed E-state index contributed by atoms with van der Waals surface area (Å²) in [5.74, 6) is -1.29. The van der Waals surface area contributed by atoms with E-state index in [0.717, 1.165) is 13.8 Å². The lowest BCUT2D eigenvalue weighted by Crippen LogP contribution is -2.60. The van der Waals surface area contributed by atoms with Crippen molar-refractivity contribution in [3.63, 3.8) is 0 Å². The predicted molar refractivity (Wildman–Crippen MR) is 62.3 cm³/mol. The normalized spacial score (nSPS) is 17.2. The fourth-order valence-corrected chi connectivity index (χ4v) is 1.47. The van der Waals surface area contributed by atoms with Crippen molar-refractivity contribution < 1.29 is 35.1 Å². The van der Waals surface area contributed by atoms with Crippen molar-refractivity contribution in [2.45, 2.75) is 38.2 Å². The van der Waals surface area contributed by atoms with E-state index in [1.165, 1.54) is 0 Å². The fraction of sp³-hybridized carbons (Fsp3) is 0.800. The summed E-state index contributed by atoms with van der Waals surface area (Å²) in [5.41, 5.74) is 2.09. The Hall–Kier alpha value is -1.26. The highest BCUT2D eigenvalue weighted by molar-refractivity contribution is 5.79. The topological polar surface area (TPSA) is 151 Å². The molecule has 0 radical (unpaired) electrons. The van der Waals surface area contributed by atoms with Crippen molar-refractivity contribution in [3.8, 4) is 0 Å². The summed E-state index contributed by atoms with van der Waals surface area (Å²) in [6.07, 6.45) is -5.20. The van der Waals surface area contributed by atoms with Crippen LogP contribution >= 0.6 is 0 Å². The highest BCUT2D eigenvalue weighted by Crippen LogP contribution is 2.10. The van der Waals surface area contributed by atoms with E-state index in [1.54, 1.807) is 0 Å². The number of nitrogens with zero attached hydrogens (tertiary/aromatic N) is 1. The minimum Gasteiger partial charge on any atom is -0.394 e. The van der Waals surface area contributed by atoms with Gasteiger partial charge in [-0.15, -0.1) is 0 Å². The van der Waals surface area contributed by atoms with E-state index < -0.39 is 49.4 Å². The zero-order valence-electron chi connectivity index (χ0n) is 10.7. The van der Waals surface area contributed by atoms with Gasteiger partial charge in [-0.1, -0.05) is 0 Å². The number of carbonyl (C=O) groups excluding carboxylic acids is 2. The number of aliphatic hydroxyl groups is 5. The molecule has 0 unspecified atom stereocenters. The number of amides is 2. The van der Waals surface area contributed by atoms with E-state index in [4.69, 9.17) is 5.11 Å². The number of carbonyl (C=O) groups is 2. The lowest BCUT2D eigenvalue weighted by molar-refractivity contribution is -0.155. The summed E-state index contributed by atoms with van der Waals surface area (Å²) in [4.78, 5) is 22.3. The van der Waals surface area contributed by atoms with E-state index in [1.807, 2.05) is 0 Å². The van der Waals surface area contributed by atoms with Crippen LogP contribution in [0.1, 0.15) is 13.8 Å². The number of nitrogens with one attached hydrogen (secondary N) is 1. The van der Waals surface area contributed by atoms with Crippen molar-refractivity contribution >= 4 is 11.8 Å². The summed E-state index contributed by atoms with van der Waals surface area (Å²) in [6, 6.07) is -1.36. The molecule has 0 aromatic heterocycles. The fourth-order valence-electron chi connectivity index (χ4n) is 1.47. The summed E-state index contributed by atoms with van der Waals surface area (Å²) in [7, 11) is 0. The Labute approximate surface area is 110 Å². The molecule has 4 atom stereocenters. The molecule has 0 heterocycles. The molecule has 0 fully saturated rings. The largest absolute Gasteiger partial charge is 0.394 e. The average Bonchev–Trinajstić information content (AvgIpc) is 2.35. The van der Waals surface area contributed by atoms with Gasteiger partial charge in [-0.25, -0.2) is 5.01 Å². The molecule has 0 aliphatic heterocycles. The van der Waals surface area contributed by atoms with E-state index in [0.29, 0.717) is 5.01 Å². The van der Waals surface area contributed by atoms with Gasteiger partial charge in [-0.2, -0.15) is 0 Å². The van der Waals surface area contributed by atoms with Crippen molar-refractivity contribution in [3.05, 3.63) is 0 Å². The SMILES string of the molecule is CC(=O)NN(C(C)=O)[C@@H](CO)[C@@H](O)[C@@H](O)[C@H](O)CO. The summed E-state index contributed by atoms with van der Waals surface area (Å²) < 4.78 is 0. The van der Waals surface area contributed by atoms with Crippen molar-refractivity contribution in [2.75, 3.05) is 13.2 Å². The zero-order valence-corrected chi connectivity index (χ0v) is 10.7. The van der Waals surface area contributed by atoms with Crippen molar-refractivity contribution in [2.24, 2.45) is 0 Å². The first-order valence-corrected chi connectivity index (χ1v) is 5.59. The summed E-state index contributed by atoms with van der Waals surface area (Å²) >= 11 is 0. The van der Waals surface area contributed by atoms with Gasteiger partial charge >= 0.3 is 0 Å². The predicted octanol–water partition coefficient (Wildman–Crippen LogP) is -3.68. The molecule has 0 rings (SSSR count). The maximum absolute atomic E-state index is 11.3. The molecule has 9 heteroatoms. The second kappa shape index (κ2) is 8.02. The molecule has 0 saturated carbocycles. The Morgan fingerprint density at radius 1 is 1.05 bits per heavy atom. The van der Waals surface area contributed by atoms with Crippen LogP contribution in [0.5, 0.6) is 0 Å². The monoisotopic (exact) mass is 280 g/mol. The van der Waals surface area contributed by atoms with E-state index in [2.05, 4.69) is 5.43 Å². The van der Waals surface area contributed by atoms with Gasteiger partial charge in [0.15, 0.2) is 0 Å². The number of rotatable bonds is 6. The van der Waals surface area contributed by atoms with E-state index in [-0.39, 0.29) is 0 Å². The summed E-state index contributed by atoms with van der Waals surface area (Å²) in [6.45, 7) is 0.628. The van der Waals surface area contributed by atoms with Gasteiger partial charge in [0.05, 0.1) is 13.2 Å². The molecule has 0 aliphatic rings. The molecular formula is C10H20N2O7. The average molecular weight is 280 g/mol. The van der Waals surface area contributed by atoms with E-state index >= 15 is 0 Å². The number of aliphatic hydroxyl groups excluding tert-OH is 5. The molecule has 0 bridgehead atoms. The van der Waals surface area contributed by atoms with Crippen LogP contribution in [0.2, 0.25) is 0 Å². The van der Waals surface area contributed by atoms with Crippen LogP contribution in [0.25, 0.3) is 0 Å². The molecule has 9 nitrogen and oxygen atoms in total. The Balaban J connectivity index is 5.03. The molecule has 0 aromatic carbocycles. The third-order valence-electron chi connectivity index (χ3n) is 2.46. The quantitative estimate of drug-likeness (QED) is 0.274. The number of hydrogen-bond donors (Lipinski definition) is 6. The Morgan fingerprint density at radius 3 is 1.89 bits per heavy atom. The van der Waals surface area contributed by atoms with Crippen molar-refractivity contribution in [1.82, 2.24) is 10.4 Å². The second-order valence-electron chi connectivity index (χ2n) is 4.04. The van der Waals surface area contributed by atoms with Crippen LogP contribution < -0.4 is 5.43 Å². The Bertz CT molecular complexity index is 312. The number of hydrogen-bond acceptors (Lipinski definition) is 7. The van der Waals surface area contributed by atoms with Gasteiger partial charge in [0.1, 0.15) is 24.4 Å². The lowest BCUT2D eigenvalue weighted by atomic mass is 10.0. The third kappa shape index (κ3) is 5.09. The maximum atomic E-state index is 11.3. The Morgan fingerprint density at radius 2 is 1.58 bits per heavy atom. The van der Waals surface area contributed by atoms with Gasteiger partial charge < -0.3 is 25.5 Å². The minimum atomic E-state index is -1.79.